The number of ether oxygens (including phenoxy) is 1. The van der Waals surface area contributed by atoms with Crippen molar-refractivity contribution >= 4 is 5.97 Å². The van der Waals surface area contributed by atoms with E-state index in [4.69, 9.17) is 4.74 Å². The van der Waals surface area contributed by atoms with Crippen LogP contribution in [-0.4, -0.2) is 23.3 Å². The fraction of sp³-hybridized carbons (Fsp3) is 0.929. The van der Waals surface area contributed by atoms with E-state index in [2.05, 4.69) is 13.8 Å². The number of aliphatic carboxylic acids is 1. The second kappa shape index (κ2) is 4.97. The summed E-state index contributed by atoms with van der Waals surface area (Å²) in [4.78, 5) is 11.5. The summed E-state index contributed by atoms with van der Waals surface area (Å²) in [7, 11) is 0. The standard InChI is InChI=1S/C14H24O3/c1-10(2)12-5-7-14(8-6-12,13(15)16)17-9-11-3-4-11/h10-12H,3-9H2,1-2H3,(H,15,16). The average Bonchev–Trinajstić information content (AvgIpc) is 3.10. The third-order valence-corrected chi connectivity index (χ3v) is 4.46. The van der Waals surface area contributed by atoms with Gasteiger partial charge in [0.1, 0.15) is 0 Å². The van der Waals surface area contributed by atoms with Crippen molar-refractivity contribution in [3.8, 4) is 0 Å². The van der Waals surface area contributed by atoms with Gasteiger partial charge in [-0.3, -0.25) is 0 Å². The van der Waals surface area contributed by atoms with Crippen molar-refractivity contribution in [2.45, 2.75) is 58.0 Å². The summed E-state index contributed by atoms with van der Waals surface area (Å²) in [5.74, 6) is 1.21. The zero-order valence-electron chi connectivity index (χ0n) is 10.9. The highest BCUT2D eigenvalue weighted by molar-refractivity contribution is 5.77. The minimum atomic E-state index is -0.867. The Morgan fingerprint density at radius 3 is 2.29 bits per heavy atom. The first kappa shape index (κ1) is 12.9. The van der Waals surface area contributed by atoms with Crippen molar-refractivity contribution in [1.29, 1.82) is 0 Å². The molecule has 2 rings (SSSR count). The Morgan fingerprint density at radius 1 is 1.29 bits per heavy atom. The fourth-order valence-corrected chi connectivity index (χ4v) is 2.75. The molecule has 0 unspecified atom stereocenters. The smallest absolute Gasteiger partial charge is 0.335 e. The van der Waals surface area contributed by atoms with Gasteiger partial charge in [0.05, 0.1) is 6.61 Å². The quantitative estimate of drug-likeness (QED) is 0.803. The maximum absolute atomic E-state index is 11.5. The number of hydrogen-bond donors (Lipinski definition) is 1. The number of rotatable bonds is 5. The lowest BCUT2D eigenvalue weighted by Gasteiger charge is -2.38. The minimum Gasteiger partial charge on any atom is -0.479 e. The Bertz CT molecular complexity index is 273. The Balaban J connectivity index is 1.91. The van der Waals surface area contributed by atoms with Crippen LogP contribution in [0, 0.1) is 17.8 Å². The molecular weight excluding hydrogens is 216 g/mol. The van der Waals surface area contributed by atoms with E-state index >= 15 is 0 Å². The summed E-state index contributed by atoms with van der Waals surface area (Å²) in [6.45, 7) is 5.10. The lowest BCUT2D eigenvalue weighted by molar-refractivity contribution is -0.173. The predicted octanol–water partition coefficient (Wildman–Crippen LogP) is 3.08. The van der Waals surface area contributed by atoms with Crippen molar-refractivity contribution in [3.63, 3.8) is 0 Å². The third-order valence-electron chi connectivity index (χ3n) is 4.46. The molecule has 0 aromatic heterocycles. The van der Waals surface area contributed by atoms with E-state index in [-0.39, 0.29) is 0 Å². The highest BCUT2D eigenvalue weighted by Crippen LogP contribution is 2.40. The molecule has 17 heavy (non-hydrogen) atoms. The molecule has 2 fully saturated rings. The molecule has 0 atom stereocenters. The molecule has 98 valence electrons. The number of carboxylic acids is 1. The number of hydrogen-bond acceptors (Lipinski definition) is 2. The zero-order valence-corrected chi connectivity index (χ0v) is 10.9. The van der Waals surface area contributed by atoms with E-state index in [1.807, 2.05) is 0 Å². The van der Waals surface area contributed by atoms with Gasteiger partial charge in [-0.05, 0) is 56.3 Å². The zero-order chi connectivity index (χ0) is 12.5. The minimum absolute atomic E-state index is 0.633. The monoisotopic (exact) mass is 240 g/mol. The Morgan fingerprint density at radius 2 is 1.88 bits per heavy atom. The van der Waals surface area contributed by atoms with Gasteiger partial charge in [-0.2, -0.15) is 0 Å². The topological polar surface area (TPSA) is 46.5 Å². The van der Waals surface area contributed by atoms with Crippen molar-refractivity contribution in [3.05, 3.63) is 0 Å². The molecule has 3 heteroatoms. The van der Waals surface area contributed by atoms with E-state index in [0.717, 1.165) is 12.8 Å². The molecule has 2 saturated carbocycles. The largest absolute Gasteiger partial charge is 0.479 e. The molecular formula is C14H24O3. The van der Waals surface area contributed by atoms with Crippen LogP contribution >= 0.6 is 0 Å². The molecule has 0 bridgehead atoms. The van der Waals surface area contributed by atoms with Crippen LogP contribution in [0.5, 0.6) is 0 Å². The van der Waals surface area contributed by atoms with Crippen molar-refractivity contribution in [2.75, 3.05) is 6.61 Å². The second-order valence-electron chi connectivity index (χ2n) is 6.14. The molecule has 0 aromatic rings. The summed E-state index contributed by atoms with van der Waals surface area (Å²) < 4.78 is 5.78. The van der Waals surface area contributed by atoms with Gasteiger partial charge >= 0.3 is 5.97 Å². The van der Waals surface area contributed by atoms with Gasteiger partial charge < -0.3 is 9.84 Å². The van der Waals surface area contributed by atoms with Crippen LogP contribution in [0.15, 0.2) is 0 Å². The van der Waals surface area contributed by atoms with Crippen LogP contribution < -0.4 is 0 Å². The third kappa shape index (κ3) is 3.01. The van der Waals surface area contributed by atoms with Gasteiger partial charge in [0.25, 0.3) is 0 Å². The van der Waals surface area contributed by atoms with Crippen LogP contribution in [-0.2, 0) is 9.53 Å². The molecule has 0 aromatic carbocycles. The van der Waals surface area contributed by atoms with E-state index in [1.54, 1.807) is 0 Å². The van der Waals surface area contributed by atoms with Gasteiger partial charge in [-0.15, -0.1) is 0 Å². The molecule has 0 amide bonds. The number of carboxylic acid groups (broad SMARTS) is 1. The number of carbonyl (C=O) groups is 1. The van der Waals surface area contributed by atoms with Crippen molar-refractivity contribution < 1.29 is 14.6 Å². The highest BCUT2D eigenvalue weighted by Gasteiger charge is 2.44. The lowest BCUT2D eigenvalue weighted by atomic mass is 9.74. The van der Waals surface area contributed by atoms with Gasteiger partial charge in [0.2, 0.25) is 0 Å². The average molecular weight is 240 g/mol. The SMILES string of the molecule is CC(C)C1CCC(OCC2CC2)(C(=O)O)CC1. The molecule has 2 aliphatic rings. The first-order chi connectivity index (χ1) is 8.03. The molecule has 0 heterocycles. The van der Waals surface area contributed by atoms with Crippen LogP contribution in [0.3, 0.4) is 0 Å². The Kier molecular flexibility index (Phi) is 3.76. The van der Waals surface area contributed by atoms with Gasteiger partial charge in [0, 0.05) is 0 Å². The summed E-state index contributed by atoms with van der Waals surface area (Å²) >= 11 is 0. The van der Waals surface area contributed by atoms with E-state index < -0.39 is 11.6 Å². The van der Waals surface area contributed by atoms with Crippen LogP contribution in [0.1, 0.15) is 52.4 Å². The molecule has 0 radical (unpaired) electrons. The molecule has 0 aliphatic heterocycles. The lowest BCUT2D eigenvalue weighted by Crippen LogP contribution is -2.45. The van der Waals surface area contributed by atoms with E-state index in [1.165, 1.54) is 12.8 Å². The van der Waals surface area contributed by atoms with Crippen molar-refractivity contribution in [2.24, 2.45) is 17.8 Å². The van der Waals surface area contributed by atoms with Crippen LogP contribution in [0.25, 0.3) is 0 Å². The van der Waals surface area contributed by atoms with E-state index in [9.17, 15) is 9.90 Å². The Hall–Kier alpha value is -0.570. The van der Waals surface area contributed by atoms with E-state index in [0.29, 0.717) is 37.2 Å². The first-order valence-electron chi connectivity index (χ1n) is 6.91. The van der Waals surface area contributed by atoms with Gasteiger partial charge in [-0.1, -0.05) is 13.8 Å². The maximum Gasteiger partial charge on any atom is 0.335 e. The van der Waals surface area contributed by atoms with Gasteiger partial charge in [0.15, 0.2) is 5.60 Å². The summed E-state index contributed by atoms with van der Waals surface area (Å²) in [5.41, 5.74) is -0.867. The normalized spacial score (nSPS) is 33.9. The highest BCUT2D eigenvalue weighted by atomic mass is 16.5. The maximum atomic E-state index is 11.5. The van der Waals surface area contributed by atoms with Crippen molar-refractivity contribution in [1.82, 2.24) is 0 Å². The molecule has 2 aliphatic carbocycles. The van der Waals surface area contributed by atoms with Crippen LogP contribution in [0.2, 0.25) is 0 Å². The molecule has 3 nitrogen and oxygen atoms in total. The molecule has 1 N–H and O–H groups in total. The van der Waals surface area contributed by atoms with Gasteiger partial charge in [-0.25, -0.2) is 4.79 Å². The molecule has 0 spiro atoms. The van der Waals surface area contributed by atoms with Crippen LogP contribution in [0.4, 0.5) is 0 Å². The fourth-order valence-electron chi connectivity index (χ4n) is 2.75. The summed E-state index contributed by atoms with van der Waals surface area (Å²) in [5, 5.41) is 9.42. The Labute approximate surface area is 104 Å². The summed E-state index contributed by atoms with van der Waals surface area (Å²) in [6.07, 6.45) is 5.80. The predicted molar refractivity (Wildman–Crippen MR) is 65.8 cm³/mol. The molecule has 0 saturated heterocycles. The summed E-state index contributed by atoms with van der Waals surface area (Å²) in [6, 6.07) is 0. The second-order valence-corrected chi connectivity index (χ2v) is 6.14. The first-order valence-corrected chi connectivity index (χ1v) is 6.91.